The Labute approximate surface area is 229 Å². The molecule has 2 heterocycles. The molecular weight excluding hydrogens is 488 g/mol. The fourth-order valence-electron chi connectivity index (χ4n) is 5.58. The zero-order valence-corrected chi connectivity index (χ0v) is 23.5. The van der Waals surface area contributed by atoms with Crippen LogP contribution in [0.25, 0.3) is 16.7 Å². The molecule has 1 fully saturated rings. The molecule has 1 saturated heterocycles. The molecule has 1 amide bonds. The summed E-state index contributed by atoms with van der Waals surface area (Å²) in [4.78, 5) is 29.1. The molecule has 39 heavy (non-hydrogen) atoms. The minimum atomic E-state index is -0.833. The van der Waals surface area contributed by atoms with Crippen LogP contribution in [-0.2, 0) is 22.1 Å². The fraction of sp³-hybridized carbons (Fsp3) is 0.273. The number of ether oxygens (including phenoxy) is 1. The van der Waals surface area contributed by atoms with E-state index in [4.69, 9.17) is 4.74 Å². The Morgan fingerprint density at radius 1 is 0.949 bits per heavy atom. The molecule has 0 radical (unpaired) electrons. The summed E-state index contributed by atoms with van der Waals surface area (Å²) in [5.74, 6) is -1.23. The quantitative estimate of drug-likeness (QED) is 0.183. The molecule has 6 nitrogen and oxygen atoms in total. The Hall–Kier alpha value is -4.32. The second-order valence-electron chi connectivity index (χ2n) is 11.4. The number of para-hydroxylation sites is 1. The monoisotopic (exact) mass is 522 g/mol. The van der Waals surface area contributed by atoms with Gasteiger partial charge in [-0.25, -0.2) is 0 Å². The number of aliphatic hydroxyl groups is 1. The number of Topliss-reactive ketones (excluding diaryl/α,β-unsaturated/α-hetero) is 1. The van der Waals surface area contributed by atoms with Crippen molar-refractivity contribution in [2.24, 2.45) is 7.05 Å². The van der Waals surface area contributed by atoms with Crippen molar-refractivity contribution < 1.29 is 19.4 Å². The van der Waals surface area contributed by atoms with Crippen molar-refractivity contribution in [3.8, 4) is 5.75 Å². The van der Waals surface area contributed by atoms with Gasteiger partial charge in [-0.05, 0) is 66.3 Å². The molecule has 0 spiro atoms. The molecule has 4 aromatic rings. The second-order valence-corrected chi connectivity index (χ2v) is 11.4. The zero-order chi connectivity index (χ0) is 28.2. The minimum absolute atomic E-state index is 0.0415. The maximum atomic E-state index is 13.8. The average Bonchev–Trinajstić information content (AvgIpc) is 3.35. The van der Waals surface area contributed by atoms with Crippen molar-refractivity contribution in [2.75, 3.05) is 12.0 Å². The molecule has 1 unspecified atom stereocenters. The summed E-state index contributed by atoms with van der Waals surface area (Å²) in [7, 11) is 3.46. The highest BCUT2D eigenvalue weighted by Crippen LogP contribution is 2.46. The Morgan fingerprint density at radius 2 is 1.62 bits per heavy atom. The number of aromatic nitrogens is 1. The average molecular weight is 523 g/mol. The summed E-state index contributed by atoms with van der Waals surface area (Å²) < 4.78 is 7.59. The van der Waals surface area contributed by atoms with Gasteiger partial charge in [0, 0.05) is 35.4 Å². The highest BCUT2D eigenvalue weighted by Gasteiger charge is 2.48. The largest absolute Gasteiger partial charge is 0.507 e. The number of rotatable bonds is 4. The molecule has 1 atom stereocenters. The number of amides is 1. The number of aliphatic hydroxyl groups excluding tert-OH is 1. The Balaban J connectivity index is 1.85. The Morgan fingerprint density at radius 3 is 2.26 bits per heavy atom. The molecule has 200 valence electrons. The van der Waals surface area contributed by atoms with Gasteiger partial charge in [-0.15, -0.1) is 0 Å². The zero-order valence-electron chi connectivity index (χ0n) is 23.5. The number of aryl methyl sites for hydroxylation is 3. The molecule has 0 bridgehead atoms. The SMILES string of the molecule is COc1ccc(C(C)(C)C)cc1/C(O)=C1\C(=O)C(=O)N(c2cc(C)cc(C)c2)C1c1cn(C)c2ccccc12. The molecule has 1 aliphatic heterocycles. The van der Waals surface area contributed by atoms with Crippen molar-refractivity contribution in [2.45, 2.75) is 46.1 Å². The van der Waals surface area contributed by atoms with Crippen LogP contribution in [0.4, 0.5) is 5.69 Å². The van der Waals surface area contributed by atoms with Crippen LogP contribution in [0.15, 0.2) is 72.4 Å². The van der Waals surface area contributed by atoms with E-state index in [1.807, 2.05) is 86.3 Å². The molecule has 0 saturated carbocycles. The lowest BCUT2D eigenvalue weighted by Gasteiger charge is -2.26. The van der Waals surface area contributed by atoms with Gasteiger partial charge >= 0.3 is 0 Å². The number of fused-ring (bicyclic) bond motifs is 1. The molecule has 3 aromatic carbocycles. The van der Waals surface area contributed by atoms with E-state index in [2.05, 4.69) is 20.8 Å². The summed E-state index contributed by atoms with van der Waals surface area (Å²) in [5.41, 5.74) is 5.48. The van der Waals surface area contributed by atoms with Gasteiger partial charge in [0.2, 0.25) is 0 Å². The number of anilines is 1. The smallest absolute Gasteiger partial charge is 0.300 e. The topological polar surface area (TPSA) is 71.8 Å². The van der Waals surface area contributed by atoms with Crippen molar-refractivity contribution in [3.05, 3.63) is 100 Å². The van der Waals surface area contributed by atoms with Gasteiger partial charge in [-0.3, -0.25) is 14.5 Å². The molecule has 0 aliphatic carbocycles. The van der Waals surface area contributed by atoms with E-state index in [1.165, 1.54) is 12.0 Å². The van der Waals surface area contributed by atoms with Crippen LogP contribution in [0.2, 0.25) is 0 Å². The van der Waals surface area contributed by atoms with Gasteiger partial charge in [0.25, 0.3) is 11.7 Å². The first-order valence-corrected chi connectivity index (χ1v) is 13.0. The van der Waals surface area contributed by atoms with Crippen molar-refractivity contribution >= 4 is 34.0 Å². The van der Waals surface area contributed by atoms with Crippen LogP contribution < -0.4 is 9.64 Å². The number of nitrogens with zero attached hydrogens (tertiary/aromatic N) is 2. The van der Waals surface area contributed by atoms with Gasteiger partial charge in [-0.2, -0.15) is 0 Å². The fourth-order valence-corrected chi connectivity index (χ4v) is 5.58. The number of carbonyl (C=O) groups excluding carboxylic acids is 2. The van der Waals surface area contributed by atoms with Gasteiger partial charge in [-0.1, -0.05) is 51.1 Å². The standard InChI is InChI=1S/C33H34N2O4/c1-19-14-20(2)16-22(15-19)35-29(25-18-34(6)26-11-9-8-10-23(25)26)28(31(37)32(35)38)30(36)24-17-21(33(3,4)5)12-13-27(24)39-7/h8-18,29,36H,1-7H3/b30-28+. The van der Waals surface area contributed by atoms with Crippen molar-refractivity contribution in [1.82, 2.24) is 4.57 Å². The number of ketones is 1. The lowest BCUT2D eigenvalue weighted by Crippen LogP contribution is -2.29. The third-order valence-corrected chi connectivity index (χ3v) is 7.47. The minimum Gasteiger partial charge on any atom is -0.507 e. The van der Waals surface area contributed by atoms with Gasteiger partial charge in [0.15, 0.2) is 0 Å². The lowest BCUT2D eigenvalue weighted by atomic mass is 9.85. The predicted octanol–water partition coefficient (Wildman–Crippen LogP) is 6.73. The highest BCUT2D eigenvalue weighted by molar-refractivity contribution is 6.52. The van der Waals surface area contributed by atoms with E-state index >= 15 is 0 Å². The maximum Gasteiger partial charge on any atom is 0.300 e. The number of carbonyl (C=O) groups is 2. The van der Waals surface area contributed by atoms with Crippen LogP contribution in [-0.4, -0.2) is 28.5 Å². The summed E-state index contributed by atoms with van der Waals surface area (Å²) in [6.45, 7) is 10.2. The van der Waals surface area contributed by atoms with E-state index in [0.29, 0.717) is 17.0 Å². The summed E-state index contributed by atoms with van der Waals surface area (Å²) >= 11 is 0. The van der Waals surface area contributed by atoms with Crippen LogP contribution in [0.1, 0.15) is 54.6 Å². The Bertz CT molecular complexity index is 1650. The van der Waals surface area contributed by atoms with Crippen LogP contribution in [0.5, 0.6) is 5.75 Å². The van der Waals surface area contributed by atoms with E-state index in [0.717, 1.165) is 33.2 Å². The van der Waals surface area contributed by atoms with Crippen LogP contribution in [0, 0.1) is 13.8 Å². The number of hydrogen-bond donors (Lipinski definition) is 1. The second kappa shape index (κ2) is 9.45. The number of hydrogen-bond acceptors (Lipinski definition) is 4. The van der Waals surface area contributed by atoms with E-state index in [9.17, 15) is 14.7 Å². The normalized spacial score (nSPS) is 17.3. The van der Waals surface area contributed by atoms with Crippen LogP contribution >= 0.6 is 0 Å². The van der Waals surface area contributed by atoms with Crippen molar-refractivity contribution in [1.29, 1.82) is 0 Å². The third kappa shape index (κ3) is 4.40. The molecule has 1 N–H and O–H groups in total. The lowest BCUT2D eigenvalue weighted by molar-refractivity contribution is -0.132. The highest BCUT2D eigenvalue weighted by atomic mass is 16.5. The molecule has 5 rings (SSSR count). The third-order valence-electron chi connectivity index (χ3n) is 7.47. The first-order chi connectivity index (χ1) is 18.4. The first-order valence-electron chi connectivity index (χ1n) is 13.0. The van der Waals surface area contributed by atoms with E-state index in [-0.39, 0.29) is 16.7 Å². The first kappa shape index (κ1) is 26.3. The van der Waals surface area contributed by atoms with E-state index in [1.54, 1.807) is 6.07 Å². The van der Waals surface area contributed by atoms with Gasteiger partial charge in [0.05, 0.1) is 24.3 Å². The van der Waals surface area contributed by atoms with E-state index < -0.39 is 17.7 Å². The summed E-state index contributed by atoms with van der Waals surface area (Å²) in [5, 5.41) is 12.8. The van der Waals surface area contributed by atoms with Crippen molar-refractivity contribution in [3.63, 3.8) is 0 Å². The molecule has 1 aliphatic rings. The van der Waals surface area contributed by atoms with Gasteiger partial charge in [0.1, 0.15) is 11.5 Å². The maximum absolute atomic E-state index is 13.8. The Kier molecular flexibility index (Phi) is 6.37. The molecule has 6 heteroatoms. The summed E-state index contributed by atoms with van der Waals surface area (Å²) in [6, 6.07) is 18.4. The molecule has 1 aromatic heterocycles. The predicted molar refractivity (Wildman–Crippen MR) is 155 cm³/mol. The molecular formula is C33H34N2O4. The van der Waals surface area contributed by atoms with Gasteiger partial charge < -0.3 is 14.4 Å². The van der Waals surface area contributed by atoms with Crippen LogP contribution in [0.3, 0.4) is 0 Å². The number of benzene rings is 3. The summed E-state index contributed by atoms with van der Waals surface area (Å²) in [6.07, 6.45) is 1.94. The number of methoxy groups -OCH3 is 1.